The predicted octanol–water partition coefficient (Wildman–Crippen LogP) is 7.15. The van der Waals surface area contributed by atoms with Crippen LogP contribution in [0.4, 0.5) is 16.3 Å². The first-order valence-corrected chi connectivity index (χ1v) is 13.4. The Hall–Kier alpha value is -3.23. The van der Waals surface area contributed by atoms with E-state index in [0.717, 1.165) is 24.3 Å². The van der Waals surface area contributed by atoms with E-state index < -0.39 is 0 Å². The Kier molecular flexibility index (Phi) is 10.1. The van der Waals surface area contributed by atoms with Crippen molar-refractivity contribution in [3.63, 3.8) is 0 Å². The van der Waals surface area contributed by atoms with Gasteiger partial charge in [-0.2, -0.15) is 5.10 Å². The molecule has 3 rings (SSSR count). The number of unbranched alkanes of at least 4 members (excludes halogenated alkanes) is 1. The molecule has 0 radical (unpaired) electrons. The lowest BCUT2D eigenvalue weighted by molar-refractivity contribution is -0.116. The number of hydrogen-bond donors (Lipinski definition) is 2. The van der Waals surface area contributed by atoms with Crippen LogP contribution in [0.15, 0.2) is 48.5 Å². The van der Waals surface area contributed by atoms with Crippen molar-refractivity contribution in [1.82, 2.24) is 14.7 Å². The van der Waals surface area contributed by atoms with Gasteiger partial charge in [-0.25, -0.2) is 9.48 Å². The highest BCUT2D eigenvalue weighted by molar-refractivity contribution is 6.42. The van der Waals surface area contributed by atoms with Gasteiger partial charge >= 0.3 is 6.03 Å². The lowest BCUT2D eigenvalue weighted by atomic mass is 9.92. The number of urea groups is 1. The van der Waals surface area contributed by atoms with E-state index in [-0.39, 0.29) is 23.9 Å². The topological polar surface area (TPSA) is 88.5 Å². The molecule has 0 saturated heterocycles. The fourth-order valence-corrected chi connectivity index (χ4v) is 3.90. The van der Waals surface area contributed by atoms with Crippen LogP contribution < -0.4 is 15.4 Å². The normalized spacial score (nSPS) is 11.2. The van der Waals surface area contributed by atoms with Gasteiger partial charge in [0, 0.05) is 23.7 Å². The maximum absolute atomic E-state index is 13.2. The zero-order chi connectivity index (χ0) is 27.9. The number of carbonyl (C=O) groups is 2. The third-order valence-corrected chi connectivity index (χ3v) is 6.45. The fraction of sp³-hybridized carbons (Fsp3) is 0.393. The first kappa shape index (κ1) is 29.3. The molecule has 0 saturated carbocycles. The summed E-state index contributed by atoms with van der Waals surface area (Å²) >= 11 is 12.3. The summed E-state index contributed by atoms with van der Waals surface area (Å²) in [6, 6.07) is 13.7. The van der Waals surface area contributed by atoms with Crippen molar-refractivity contribution < 1.29 is 14.3 Å². The molecule has 3 aromatic rings. The van der Waals surface area contributed by atoms with E-state index >= 15 is 0 Å². The lowest BCUT2D eigenvalue weighted by Crippen LogP contribution is -2.41. The molecule has 204 valence electrons. The van der Waals surface area contributed by atoms with Gasteiger partial charge in [-0.1, -0.05) is 57.3 Å². The van der Waals surface area contributed by atoms with Crippen molar-refractivity contribution in [3.8, 4) is 11.4 Å². The van der Waals surface area contributed by atoms with Crippen LogP contribution in [0, 0.1) is 0 Å². The van der Waals surface area contributed by atoms with Gasteiger partial charge in [-0.3, -0.25) is 4.79 Å². The molecule has 2 aromatic carbocycles. The van der Waals surface area contributed by atoms with Crippen LogP contribution in [0.2, 0.25) is 10.0 Å². The predicted molar refractivity (Wildman–Crippen MR) is 154 cm³/mol. The van der Waals surface area contributed by atoms with Gasteiger partial charge in [0.25, 0.3) is 0 Å². The maximum Gasteiger partial charge on any atom is 0.322 e. The van der Waals surface area contributed by atoms with Gasteiger partial charge < -0.3 is 20.3 Å². The van der Waals surface area contributed by atoms with Gasteiger partial charge in [0.05, 0.1) is 28.0 Å². The van der Waals surface area contributed by atoms with Crippen molar-refractivity contribution in [2.24, 2.45) is 0 Å². The number of rotatable bonds is 10. The minimum Gasteiger partial charge on any atom is -0.494 e. The molecule has 0 bridgehead atoms. The number of benzene rings is 2. The molecule has 0 spiro atoms. The number of amides is 3. The van der Waals surface area contributed by atoms with Crippen LogP contribution in [0.25, 0.3) is 5.69 Å². The first-order valence-electron chi connectivity index (χ1n) is 12.7. The molecule has 2 N–H and O–H groups in total. The summed E-state index contributed by atoms with van der Waals surface area (Å²) in [6.07, 6.45) is 1.65. The molecule has 0 aliphatic heterocycles. The summed E-state index contributed by atoms with van der Waals surface area (Å²) in [5, 5.41) is 11.3. The molecule has 0 fully saturated rings. The van der Waals surface area contributed by atoms with E-state index in [2.05, 4.69) is 10.6 Å². The van der Waals surface area contributed by atoms with E-state index in [1.54, 1.807) is 47.1 Å². The summed E-state index contributed by atoms with van der Waals surface area (Å²) in [5.41, 5.74) is 1.80. The van der Waals surface area contributed by atoms with Crippen LogP contribution >= 0.6 is 23.2 Å². The minimum atomic E-state index is -0.355. The largest absolute Gasteiger partial charge is 0.494 e. The van der Waals surface area contributed by atoms with E-state index in [4.69, 9.17) is 33.0 Å². The quantitative estimate of drug-likeness (QED) is 0.276. The second-order valence-electron chi connectivity index (χ2n) is 9.89. The lowest BCUT2D eigenvalue weighted by Gasteiger charge is -2.22. The van der Waals surface area contributed by atoms with E-state index in [1.165, 1.54) is 4.90 Å². The maximum atomic E-state index is 13.2. The molecule has 0 atom stereocenters. The Bertz CT molecular complexity index is 1250. The molecule has 0 aliphatic carbocycles. The molecule has 38 heavy (non-hydrogen) atoms. The van der Waals surface area contributed by atoms with Crippen molar-refractivity contribution in [3.05, 3.63) is 64.3 Å². The molecule has 0 unspecified atom stereocenters. The molecule has 1 heterocycles. The summed E-state index contributed by atoms with van der Waals surface area (Å²) in [5.74, 6) is 0.853. The number of nitrogens with zero attached hydrogens (tertiary/aromatic N) is 3. The van der Waals surface area contributed by atoms with E-state index in [9.17, 15) is 9.59 Å². The van der Waals surface area contributed by atoms with Gasteiger partial charge in [-0.05, 0) is 55.8 Å². The summed E-state index contributed by atoms with van der Waals surface area (Å²) in [6.45, 7) is 10.9. The smallest absolute Gasteiger partial charge is 0.322 e. The highest BCUT2D eigenvalue weighted by Crippen LogP contribution is 2.29. The van der Waals surface area contributed by atoms with Gasteiger partial charge in [0.1, 0.15) is 18.1 Å². The van der Waals surface area contributed by atoms with Gasteiger partial charge in [0.2, 0.25) is 5.91 Å². The second kappa shape index (κ2) is 13.0. The highest BCUT2D eigenvalue weighted by atomic mass is 35.5. The molecule has 10 heteroatoms. The van der Waals surface area contributed by atoms with E-state index in [1.807, 2.05) is 40.7 Å². The molecule has 1 aromatic heterocycles. The van der Waals surface area contributed by atoms with Crippen LogP contribution in [0.1, 0.15) is 53.2 Å². The third kappa shape index (κ3) is 7.88. The monoisotopic (exact) mass is 559 g/mol. The summed E-state index contributed by atoms with van der Waals surface area (Å²) in [4.78, 5) is 27.8. The van der Waals surface area contributed by atoms with Crippen molar-refractivity contribution in [2.45, 2.75) is 52.9 Å². The fourth-order valence-electron chi connectivity index (χ4n) is 3.61. The van der Waals surface area contributed by atoms with Gasteiger partial charge in [-0.15, -0.1) is 0 Å². The molecular formula is C28H35Cl2N5O3. The number of hydrogen-bond acceptors (Lipinski definition) is 4. The third-order valence-electron chi connectivity index (χ3n) is 5.71. The molecular weight excluding hydrogens is 525 g/mol. The van der Waals surface area contributed by atoms with Crippen molar-refractivity contribution in [1.29, 1.82) is 0 Å². The summed E-state index contributed by atoms with van der Waals surface area (Å²) in [7, 11) is 0. The Labute approximate surface area is 234 Å². The number of anilines is 2. The first-order chi connectivity index (χ1) is 18.0. The SMILES string of the molecule is CCCCN(CC(=O)Nc1cc(C(C)(C)C)nn1-c1ccc(Cl)c(Cl)c1)C(=O)Nc1ccc(OCC)cc1. The molecule has 8 nitrogen and oxygen atoms in total. The second-order valence-corrected chi connectivity index (χ2v) is 10.7. The zero-order valence-electron chi connectivity index (χ0n) is 22.5. The minimum absolute atomic E-state index is 0.125. The number of nitrogens with one attached hydrogen (secondary N) is 2. The molecule has 3 amide bonds. The van der Waals surface area contributed by atoms with E-state index in [0.29, 0.717) is 40.4 Å². The van der Waals surface area contributed by atoms with Crippen LogP contribution in [-0.2, 0) is 10.2 Å². The average molecular weight is 561 g/mol. The van der Waals surface area contributed by atoms with Crippen LogP contribution in [-0.4, -0.2) is 46.3 Å². The Morgan fingerprint density at radius 3 is 2.32 bits per heavy atom. The van der Waals surface area contributed by atoms with Crippen molar-refractivity contribution >= 4 is 46.6 Å². The number of carbonyl (C=O) groups excluding carboxylic acids is 2. The Morgan fingerprint density at radius 1 is 1.00 bits per heavy atom. The van der Waals surface area contributed by atoms with Crippen molar-refractivity contribution in [2.75, 3.05) is 30.3 Å². The Morgan fingerprint density at radius 2 is 1.71 bits per heavy atom. The number of aromatic nitrogens is 2. The highest BCUT2D eigenvalue weighted by Gasteiger charge is 2.23. The Balaban J connectivity index is 1.79. The average Bonchev–Trinajstić information content (AvgIpc) is 3.29. The zero-order valence-corrected chi connectivity index (χ0v) is 24.0. The molecule has 0 aliphatic rings. The van der Waals surface area contributed by atoms with Crippen LogP contribution in [0.5, 0.6) is 5.75 Å². The standard InChI is InChI=1S/C28H35Cl2N5O3/c1-6-8-15-34(27(37)31-19-9-12-21(13-10-19)38-7-2)18-26(36)32-25-17-24(28(3,4)5)33-35(25)20-11-14-22(29)23(30)16-20/h9-14,16-17H,6-8,15,18H2,1-5H3,(H,31,37)(H,32,36). The number of ether oxygens (including phenoxy) is 1. The van der Waals surface area contributed by atoms with Crippen LogP contribution in [0.3, 0.4) is 0 Å². The van der Waals surface area contributed by atoms with Gasteiger partial charge in [0.15, 0.2) is 0 Å². The number of halogens is 2. The summed E-state index contributed by atoms with van der Waals surface area (Å²) < 4.78 is 7.08.